The normalized spacial score (nSPS) is 11.5. The van der Waals surface area contributed by atoms with Crippen LogP contribution in [0, 0.1) is 10.1 Å². The van der Waals surface area contributed by atoms with Gasteiger partial charge < -0.3 is 11.1 Å². The molecule has 8 nitrogen and oxygen atoms in total. The van der Waals surface area contributed by atoms with E-state index in [1.165, 1.54) is 26.2 Å². The first-order chi connectivity index (χ1) is 8.75. The first kappa shape index (κ1) is 15.2. The van der Waals surface area contributed by atoms with Crippen molar-refractivity contribution in [2.45, 2.75) is 0 Å². The predicted octanol–water partition coefficient (Wildman–Crippen LogP) is 0.480. The minimum atomic E-state index is -3.34. The van der Waals surface area contributed by atoms with E-state index in [0.29, 0.717) is 0 Å². The molecule has 9 heteroatoms. The molecule has 0 fully saturated rings. The summed E-state index contributed by atoms with van der Waals surface area (Å²) in [4.78, 5) is 10.3. The summed E-state index contributed by atoms with van der Waals surface area (Å²) < 4.78 is 24.2. The molecule has 1 aromatic rings. The quantitative estimate of drug-likeness (QED) is 0.446. The number of nitrogens with one attached hydrogen (secondary N) is 1. The fourth-order valence-electron chi connectivity index (χ4n) is 1.41. The number of nitrogen functional groups attached to an aromatic ring is 1. The van der Waals surface area contributed by atoms with E-state index in [9.17, 15) is 18.5 Å². The Morgan fingerprint density at radius 3 is 2.58 bits per heavy atom. The van der Waals surface area contributed by atoms with Gasteiger partial charge in [0.25, 0.3) is 0 Å². The molecule has 106 valence electrons. The molecular formula is C10H16N4O4S. The molecular weight excluding hydrogens is 272 g/mol. The van der Waals surface area contributed by atoms with Crippen LogP contribution in [0.1, 0.15) is 0 Å². The van der Waals surface area contributed by atoms with Gasteiger partial charge in [-0.15, -0.1) is 0 Å². The lowest BCUT2D eigenvalue weighted by atomic mass is 10.2. The predicted molar refractivity (Wildman–Crippen MR) is 73.5 cm³/mol. The van der Waals surface area contributed by atoms with E-state index in [2.05, 4.69) is 5.32 Å². The maximum Gasteiger partial charge on any atom is 0.314 e. The summed E-state index contributed by atoms with van der Waals surface area (Å²) in [7, 11) is -0.484. The molecule has 0 bridgehead atoms. The van der Waals surface area contributed by atoms with Crippen LogP contribution in [0.25, 0.3) is 0 Å². The summed E-state index contributed by atoms with van der Waals surface area (Å²) >= 11 is 0. The van der Waals surface area contributed by atoms with Crippen LogP contribution in [0.5, 0.6) is 0 Å². The lowest BCUT2D eigenvalue weighted by Gasteiger charge is -2.12. The maximum absolute atomic E-state index is 11.5. The fraction of sp³-hybridized carbons (Fsp3) is 0.400. The van der Waals surface area contributed by atoms with Crippen LogP contribution in [0.2, 0.25) is 0 Å². The molecule has 19 heavy (non-hydrogen) atoms. The van der Waals surface area contributed by atoms with Gasteiger partial charge >= 0.3 is 5.69 Å². The zero-order chi connectivity index (χ0) is 14.6. The molecule has 0 amide bonds. The SMILES string of the molecule is CN(C)S(=O)(=O)CCNc1cccc(N)c1[N+](=O)[O-]. The first-order valence-corrected chi connectivity index (χ1v) is 7.03. The first-order valence-electron chi connectivity index (χ1n) is 5.42. The van der Waals surface area contributed by atoms with Crippen molar-refractivity contribution >= 4 is 27.1 Å². The third kappa shape index (κ3) is 3.80. The summed E-state index contributed by atoms with van der Waals surface area (Å²) in [6.07, 6.45) is 0. The van der Waals surface area contributed by atoms with Crippen LogP contribution < -0.4 is 11.1 Å². The van der Waals surface area contributed by atoms with Gasteiger partial charge in [0, 0.05) is 20.6 Å². The van der Waals surface area contributed by atoms with Gasteiger partial charge in [0.15, 0.2) is 0 Å². The zero-order valence-electron chi connectivity index (χ0n) is 10.7. The third-order valence-corrected chi connectivity index (χ3v) is 4.31. The van der Waals surface area contributed by atoms with Crippen LogP contribution in [0.4, 0.5) is 17.1 Å². The van der Waals surface area contributed by atoms with E-state index in [1.807, 2.05) is 0 Å². The van der Waals surface area contributed by atoms with Gasteiger partial charge in [-0.1, -0.05) is 6.07 Å². The number of nitro benzene ring substituents is 1. The van der Waals surface area contributed by atoms with Gasteiger partial charge in [0.05, 0.1) is 10.7 Å². The van der Waals surface area contributed by atoms with Gasteiger partial charge in [0.1, 0.15) is 11.4 Å². The highest BCUT2D eigenvalue weighted by molar-refractivity contribution is 7.89. The Labute approximate surface area is 111 Å². The molecule has 0 unspecified atom stereocenters. The number of nitrogens with two attached hydrogens (primary N) is 1. The van der Waals surface area contributed by atoms with Crippen molar-refractivity contribution in [1.29, 1.82) is 0 Å². The number of sulfonamides is 1. The average molecular weight is 288 g/mol. The van der Waals surface area contributed by atoms with E-state index < -0.39 is 14.9 Å². The maximum atomic E-state index is 11.5. The lowest BCUT2D eigenvalue weighted by Crippen LogP contribution is -2.28. The second-order valence-corrected chi connectivity index (χ2v) is 6.33. The van der Waals surface area contributed by atoms with Crippen molar-refractivity contribution in [2.75, 3.05) is 37.4 Å². The second kappa shape index (κ2) is 5.85. The van der Waals surface area contributed by atoms with Crippen molar-refractivity contribution in [3.05, 3.63) is 28.3 Å². The molecule has 0 saturated carbocycles. The standard InChI is InChI=1S/C10H16N4O4S/c1-13(2)19(17,18)7-6-12-9-5-3-4-8(11)10(9)14(15)16/h3-5,12H,6-7,11H2,1-2H3. The number of anilines is 2. The van der Waals surface area contributed by atoms with Crippen LogP contribution >= 0.6 is 0 Å². The highest BCUT2D eigenvalue weighted by atomic mass is 32.2. The Bertz CT molecular complexity index is 571. The Kier molecular flexibility index (Phi) is 4.67. The molecule has 0 heterocycles. The van der Waals surface area contributed by atoms with Crippen molar-refractivity contribution < 1.29 is 13.3 Å². The van der Waals surface area contributed by atoms with E-state index in [0.717, 1.165) is 4.31 Å². The summed E-state index contributed by atoms with van der Waals surface area (Å²) in [5.74, 6) is -0.161. The molecule has 0 radical (unpaired) electrons. The van der Waals surface area contributed by atoms with Gasteiger partial charge in [0.2, 0.25) is 10.0 Å². The monoisotopic (exact) mass is 288 g/mol. The van der Waals surface area contributed by atoms with Gasteiger partial charge in [-0.25, -0.2) is 12.7 Å². The van der Waals surface area contributed by atoms with E-state index in [-0.39, 0.29) is 29.4 Å². The van der Waals surface area contributed by atoms with Crippen molar-refractivity contribution in [3.63, 3.8) is 0 Å². The Hall–Kier alpha value is -1.87. The van der Waals surface area contributed by atoms with Crippen molar-refractivity contribution in [2.24, 2.45) is 0 Å². The van der Waals surface area contributed by atoms with E-state index in [1.54, 1.807) is 6.07 Å². The molecule has 3 N–H and O–H groups in total. The number of nitrogens with zero attached hydrogens (tertiary/aromatic N) is 2. The molecule has 1 aromatic carbocycles. The Morgan fingerprint density at radius 2 is 2.05 bits per heavy atom. The molecule has 0 saturated heterocycles. The highest BCUT2D eigenvalue weighted by Crippen LogP contribution is 2.30. The minimum Gasteiger partial charge on any atom is -0.393 e. The van der Waals surface area contributed by atoms with Gasteiger partial charge in [-0.3, -0.25) is 10.1 Å². The van der Waals surface area contributed by atoms with Crippen LogP contribution in [0.3, 0.4) is 0 Å². The lowest BCUT2D eigenvalue weighted by molar-refractivity contribution is -0.383. The molecule has 0 spiro atoms. The Morgan fingerprint density at radius 1 is 1.42 bits per heavy atom. The molecule has 0 aromatic heterocycles. The second-order valence-electron chi connectivity index (χ2n) is 4.03. The van der Waals surface area contributed by atoms with Crippen LogP contribution in [0.15, 0.2) is 18.2 Å². The van der Waals surface area contributed by atoms with Gasteiger partial charge in [-0.2, -0.15) is 0 Å². The van der Waals surface area contributed by atoms with Crippen LogP contribution in [-0.2, 0) is 10.0 Å². The van der Waals surface area contributed by atoms with E-state index in [4.69, 9.17) is 5.73 Å². The summed E-state index contributed by atoms with van der Waals surface area (Å²) in [5.41, 5.74) is 5.51. The largest absolute Gasteiger partial charge is 0.393 e. The van der Waals surface area contributed by atoms with Crippen molar-refractivity contribution in [1.82, 2.24) is 4.31 Å². The average Bonchev–Trinajstić information content (AvgIpc) is 2.27. The third-order valence-electron chi connectivity index (χ3n) is 2.48. The molecule has 0 aliphatic heterocycles. The fourth-order valence-corrected chi connectivity index (χ4v) is 2.13. The molecule has 0 atom stereocenters. The number of hydrogen-bond acceptors (Lipinski definition) is 6. The highest BCUT2D eigenvalue weighted by Gasteiger charge is 2.18. The Balaban J connectivity index is 2.80. The molecule has 0 aliphatic rings. The van der Waals surface area contributed by atoms with E-state index >= 15 is 0 Å². The number of benzene rings is 1. The van der Waals surface area contributed by atoms with Gasteiger partial charge in [-0.05, 0) is 12.1 Å². The summed E-state index contributed by atoms with van der Waals surface area (Å²) in [6.45, 7) is 0.0603. The van der Waals surface area contributed by atoms with Crippen molar-refractivity contribution in [3.8, 4) is 0 Å². The van der Waals surface area contributed by atoms with Crippen LogP contribution in [-0.4, -0.2) is 44.0 Å². The number of hydrogen-bond donors (Lipinski definition) is 2. The minimum absolute atomic E-state index is 0.0328. The number of nitro groups is 1. The summed E-state index contributed by atoms with van der Waals surface area (Å²) in [5, 5.41) is 13.6. The topological polar surface area (TPSA) is 119 Å². The summed E-state index contributed by atoms with van der Waals surface area (Å²) in [6, 6.07) is 4.46. The number of rotatable bonds is 6. The molecule has 0 aliphatic carbocycles. The zero-order valence-corrected chi connectivity index (χ0v) is 11.5. The smallest absolute Gasteiger partial charge is 0.314 e. The number of para-hydroxylation sites is 1. The molecule has 1 rings (SSSR count).